The number of nitrogens with one attached hydrogen (secondary N) is 1. The second-order valence-corrected chi connectivity index (χ2v) is 4.72. The maximum Gasteiger partial charge on any atom is 0.147 e. The van der Waals surface area contributed by atoms with Crippen molar-refractivity contribution >= 4 is 10.9 Å². The van der Waals surface area contributed by atoms with E-state index in [4.69, 9.17) is 0 Å². The fraction of sp³-hybridized carbons (Fsp3) is 0.429. The number of para-hydroxylation sites is 1. The Bertz CT molecular complexity index is 528. The molecule has 0 saturated carbocycles. The highest BCUT2D eigenvalue weighted by atomic mass is 19.1. The third kappa shape index (κ3) is 1.95. The molecule has 1 N–H and O–H groups in total. The van der Waals surface area contributed by atoms with Gasteiger partial charge in [-0.25, -0.2) is 4.39 Å². The summed E-state index contributed by atoms with van der Waals surface area (Å²) < 4.78 is 16.0. The molecule has 17 heavy (non-hydrogen) atoms. The van der Waals surface area contributed by atoms with Crippen molar-refractivity contribution in [3.63, 3.8) is 0 Å². The number of aromatic nitrogens is 1. The largest absolute Gasteiger partial charge is 0.338 e. The molecule has 1 aromatic carbocycles. The molecule has 1 unspecified atom stereocenters. The van der Waals surface area contributed by atoms with Gasteiger partial charge in [-0.3, -0.25) is 0 Å². The first-order chi connectivity index (χ1) is 8.06. The average Bonchev–Trinajstić information content (AvgIpc) is 2.68. The first-order valence-electron chi connectivity index (χ1n) is 6.03. The van der Waals surface area contributed by atoms with E-state index in [0.29, 0.717) is 5.52 Å². The minimum Gasteiger partial charge on any atom is -0.338 e. The number of rotatable bonds is 3. The molecule has 0 bridgehead atoms. The summed E-state index contributed by atoms with van der Waals surface area (Å²) >= 11 is 0. The summed E-state index contributed by atoms with van der Waals surface area (Å²) in [6, 6.07) is 7.77. The van der Waals surface area contributed by atoms with E-state index in [1.807, 2.05) is 13.1 Å². The molecule has 0 aliphatic carbocycles. The van der Waals surface area contributed by atoms with Crippen molar-refractivity contribution in [1.82, 2.24) is 9.88 Å². The van der Waals surface area contributed by atoms with Gasteiger partial charge in [0.05, 0.1) is 5.52 Å². The van der Waals surface area contributed by atoms with Gasteiger partial charge >= 0.3 is 0 Å². The van der Waals surface area contributed by atoms with Crippen molar-refractivity contribution in [3.05, 3.63) is 35.8 Å². The van der Waals surface area contributed by atoms with Crippen molar-refractivity contribution in [3.8, 4) is 0 Å². The Kier molecular flexibility index (Phi) is 3.20. The minimum absolute atomic E-state index is 0.147. The molecule has 0 aliphatic rings. The van der Waals surface area contributed by atoms with Crippen LogP contribution in [0.2, 0.25) is 0 Å². The molecule has 2 aromatic rings. The molecule has 3 heteroatoms. The zero-order chi connectivity index (χ0) is 12.6. The number of fused-ring (bicyclic) bond motifs is 1. The SMILES string of the molecule is CNC(C)c1cc2cccc(F)c2n1C(C)C. The van der Waals surface area contributed by atoms with E-state index in [1.54, 1.807) is 6.07 Å². The lowest BCUT2D eigenvalue weighted by Crippen LogP contribution is -2.18. The molecular formula is C14H19FN2. The van der Waals surface area contributed by atoms with Gasteiger partial charge in [-0.15, -0.1) is 0 Å². The van der Waals surface area contributed by atoms with Gasteiger partial charge in [0.15, 0.2) is 0 Å². The molecule has 2 nitrogen and oxygen atoms in total. The van der Waals surface area contributed by atoms with Crippen LogP contribution in [0.15, 0.2) is 24.3 Å². The second kappa shape index (κ2) is 4.49. The molecule has 2 rings (SSSR count). The number of nitrogens with zero attached hydrogens (tertiary/aromatic N) is 1. The van der Waals surface area contributed by atoms with Gasteiger partial charge in [0.2, 0.25) is 0 Å². The lowest BCUT2D eigenvalue weighted by molar-refractivity contribution is 0.526. The van der Waals surface area contributed by atoms with Gasteiger partial charge < -0.3 is 9.88 Å². The average molecular weight is 234 g/mol. The van der Waals surface area contributed by atoms with Crippen molar-refractivity contribution in [1.29, 1.82) is 0 Å². The Balaban J connectivity index is 2.76. The molecule has 0 radical (unpaired) electrons. The Hall–Kier alpha value is -1.35. The van der Waals surface area contributed by atoms with E-state index in [2.05, 4.69) is 36.7 Å². The van der Waals surface area contributed by atoms with Crippen LogP contribution in [0.1, 0.15) is 38.5 Å². The molecule has 0 aliphatic heterocycles. The van der Waals surface area contributed by atoms with Gasteiger partial charge in [-0.05, 0) is 40.0 Å². The number of hydrogen-bond acceptors (Lipinski definition) is 1. The molecule has 0 spiro atoms. The Morgan fingerprint density at radius 2 is 1.94 bits per heavy atom. The summed E-state index contributed by atoms with van der Waals surface area (Å²) in [7, 11) is 1.92. The minimum atomic E-state index is -0.147. The molecule has 0 amide bonds. The van der Waals surface area contributed by atoms with E-state index in [9.17, 15) is 4.39 Å². The van der Waals surface area contributed by atoms with Crippen LogP contribution in [0.5, 0.6) is 0 Å². The summed E-state index contributed by atoms with van der Waals surface area (Å²) in [6.07, 6.45) is 0. The standard InChI is InChI=1S/C14H19FN2/c1-9(2)17-13(10(3)16-4)8-11-6-5-7-12(15)14(11)17/h5-10,16H,1-4H3. The highest BCUT2D eigenvalue weighted by Gasteiger charge is 2.17. The van der Waals surface area contributed by atoms with Crippen LogP contribution in [-0.2, 0) is 0 Å². The van der Waals surface area contributed by atoms with E-state index in [1.165, 1.54) is 6.07 Å². The second-order valence-electron chi connectivity index (χ2n) is 4.72. The Labute approximate surface area is 101 Å². The molecule has 1 heterocycles. The van der Waals surface area contributed by atoms with Crippen LogP contribution < -0.4 is 5.32 Å². The Morgan fingerprint density at radius 3 is 2.53 bits per heavy atom. The fourth-order valence-electron chi connectivity index (χ4n) is 2.30. The highest BCUT2D eigenvalue weighted by molar-refractivity contribution is 5.82. The van der Waals surface area contributed by atoms with Gasteiger partial charge in [-0.2, -0.15) is 0 Å². The third-order valence-electron chi connectivity index (χ3n) is 3.23. The molecular weight excluding hydrogens is 215 g/mol. The van der Waals surface area contributed by atoms with E-state index < -0.39 is 0 Å². The van der Waals surface area contributed by atoms with Crippen molar-refractivity contribution in [2.75, 3.05) is 7.05 Å². The van der Waals surface area contributed by atoms with Gasteiger partial charge in [0, 0.05) is 23.2 Å². The molecule has 0 fully saturated rings. The van der Waals surface area contributed by atoms with Crippen LogP contribution in [-0.4, -0.2) is 11.6 Å². The summed E-state index contributed by atoms with van der Waals surface area (Å²) in [6.45, 7) is 6.25. The summed E-state index contributed by atoms with van der Waals surface area (Å²) in [5.41, 5.74) is 1.84. The first-order valence-corrected chi connectivity index (χ1v) is 6.03. The van der Waals surface area contributed by atoms with Crippen LogP contribution in [0.25, 0.3) is 10.9 Å². The van der Waals surface area contributed by atoms with Gasteiger partial charge in [0.1, 0.15) is 5.82 Å². The van der Waals surface area contributed by atoms with Gasteiger partial charge in [0.25, 0.3) is 0 Å². The van der Waals surface area contributed by atoms with E-state index in [0.717, 1.165) is 11.1 Å². The lowest BCUT2D eigenvalue weighted by Gasteiger charge is -2.19. The summed E-state index contributed by atoms with van der Waals surface area (Å²) in [5, 5.41) is 4.18. The predicted molar refractivity (Wildman–Crippen MR) is 69.8 cm³/mol. The normalized spacial score (nSPS) is 13.5. The number of benzene rings is 1. The first kappa shape index (κ1) is 12.1. The van der Waals surface area contributed by atoms with E-state index in [-0.39, 0.29) is 17.9 Å². The summed E-state index contributed by atoms with van der Waals surface area (Å²) in [5.74, 6) is -0.147. The molecule has 92 valence electrons. The molecule has 1 atom stereocenters. The van der Waals surface area contributed by atoms with Gasteiger partial charge in [-0.1, -0.05) is 12.1 Å². The zero-order valence-electron chi connectivity index (χ0n) is 10.8. The van der Waals surface area contributed by atoms with Crippen molar-refractivity contribution in [2.45, 2.75) is 32.9 Å². The third-order valence-corrected chi connectivity index (χ3v) is 3.23. The van der Waals surface area contributed by atoms with Crippen LogP contribution in [0, 0.1) is 5.82 Å². The fourth-order valence-corrected chi connectivity index (χ4v) is 2.30. The topological polar surface area (TPSA) is 17.0 Å². The van der Waals surface area contributed by atoms with Crippen molar-refractivity contribution < 1.29 is 4.39 Å². The number of hydrogen-bond donors (Lipinski definition) is 1. The van der Waals surface area contributed by atoms with E-state index >= 15 is 0 Å². The van der Waals surface area contributed by atoms with Crippen molar-refractivity contribution in [2.24, 2.45) is 0 Å². The maximum absolute atomic E-state index is 13.9. The number of halogens is 1. The summed E-state index contributed by atoms with van der Waals surface area (Å²) in [4.78, 5) is 0. The monoisotopic (exact) mass is 234 g/mol. The highest BCUT2D eigenvalue weighted by Crippen LogP contribution is 2.29. The molecule has 1 aromatic heterocycles. The quantitative estimate of drug-likeness (QED) is 0.858. The maximum atomic E-state index is 13.9. The molecule has 0 saturated heterocycles. The van der Waals surface area contributed by atoms with Crippen LogP contribution in [0.3, 0.4) is 0 Å². The zero-order valence-corrected chi connectivity index (χ0v) is 10.8. The Morgan fingerprint density at radius 1 is 1.24 bits per heavy atom. The van der Waals surface area contributed by atoms with Crippen LogP contribution in [0.4, 0.5) is 4.39 Å². The van der Waals surface area contributed by atoms with Crippen LogP contribution >= 0.6 is 0 Å². The lowest BCUT2D eigenvalue weighted by atomic mass is 10.2. The predicted octanol–water partition coefficient (Wildman–Crippen LogP) is 3.64. The smallest absolute Gasteiger partial charge is 0.147 e.